The van der Waals surface area contributed by atoms with E-state index in [1.54, 1.807) is 6.92 Å². The van der Waals surface area contributed by atoms with Crippen LogP contribution < -0.4 is 0 Å². The number of hydrogen-bond donors (Lipinski definition) is 2. The molecule has 0 aromatic carbocycles. The smallest absolute Gasteiger partial charge is 0.333 e. The second-order valence-corrected chi connectivity index (χ2v) is 3.97. The minimum Gasteiger partial charge on any atom is -0.478 e. The Morgan fingerprint density at radius 2 is 1.71 bits per heavy atom. The van der Waals surface area contributed by atoms with Crippen LogP contribution in [0.2, 0.25) is 0 Å². The molecule has 6 heteroatoms. The molecule has 96 valence electrons. The summed E-state index contributed by atoms with van der Waals surface area (Å²) in [6, 6.07) is -0.424. The Labute approximate surface area is 99.5 Å². The van der Waals surface area contributed by atoms with Crippen LogP contribution in [-0.4, -0.2) is 59.4 Å². The lowest BCUT2D eigenvalue weighted by Gasteiger charge is -2.32. The van der Waals surface area contributed by atoms with E-state index >= 15 is 0 Å². The summed E-state index contributed by atoms with van der Waals surface area (Å²) in [5.41, 5.74) is -0.170. The quantitative estimate of drug-likeness (QED) is 0.685. The van der Waals surface area contributed by atoms with Gasteiger partial charge in [-0.25, -0.2) is 9.59 Å². The van der Waals surface area contributed by atoms with Crippen LogP contribution >= 0.6 is 0 Å². The molecule has 0 bridgehead atoms. The van der Waals surface area contributed by atoms with Gasteiger partial charge in [0, 0.05) is 24.7 Å². The molecule has 1 aliphatic heterocycles. The molecule has 0 radical (unpaired) electrons. The van der Waals surface area contributed by atoms with Crippen LogP contribution in [0.5, 0.6) is 0 Å². The molecule has 0 spiro atoms. The maximum Gasteiger partial charge on any atom is 0.333 e. The summed E-state index contributed by atoms with van der Waals surface area (Å²) < 4.78 is 5.18. The van der Waals surface area contributed by atoms with E-state index in [0.29, 0.717) is 26.3 Å². The Morgan fingerprint density at radius 3 is 2.12 bits per heavy atom. The lowest BCUT2D eigenvalue weighted by Crippen LogP contribution is -2.44. The SMILES string of the molecule is CC(C(=O)O)=C(C(=O)O)C(C)N1CCOCC1. The lowest BCUT2D eigenvalue weighted by atomic mass is 10.0. The average molecular weight is 243 g/mol. The summed E-state index contributed by atoms with van der Waals surface area (Å²) in [6.07, 6.45) is 0. The minimum absolute atomic E-state index is 0.0561. The predicted molar refractivity (Wildman–Crippen MR) is 59.8 cm³/mol. The first-order valence-corrected chi connectivity index (χ1v) is 5.44. The van der Waals surface area contributed by atoms with Gasteiger partial charge in [0.2, 0.25) is 0 Å². The Kier molecular flexibility index (Phi) is 4.65. The van der Waals surface area contributed by atoms with E-state index in [2.05, 4.69) is 0 Å². The van der Waals surface area contributed by atoms with Gasteiger partial charge in [-0.15, -0.1) is 0 Å². The fraction of sp³-hybridized carbons (Fsp3) is 0.636. The normalized spacial score (nSPS) is 20.6. The summed E-state index contributed by atoms with van der Waals surface area (Å²) in [6.45, 7) is 5.35. The number of morpholine rings is 1. The summed E-state index contributed by atoms with van der Waals surface area (Å²) in [4.78, 5) is 23.9. The van der Waals surface area contributed by atoms with E-state index in [1.165, 1.54) is 6.92 Å². The Morgan fingerprint density at radius 1 is 1.18 bits per heavy atom. The van der Waals surface area contributed by atoms with Crippen molar-refractivity contribution in [3.05, 3.63) is 11.1 Å². The molecular weight excluding hydrogens is 226 g/mol. The fourth-order valence-electron chi connectivity index (χ4n) is 1.91. The molecule has 1 unspecified atom stereocenters. The third kappa shape index (κ3) is 3.28. The number of carbonyl (C=O) groups is 2. The number of carboxylic acids is 2. The van der Waals surface area contributed by atoms with Gasteiger partial charge < -0.3 is 14.9 Å². The number of nitrogens with zero attached hydrogens (tertiary/aromatic N) is 1. The Balaban J connectivity index is 2.94. The lowest BCUT2D eigenvalue weighted by molar-refractivity contribution is -0.136. The molecule has 0 aromatic rings. The largest absolute Gasteiger partial charge is 0.478 e. The van der Waals surface area contributed by atoms with Gasteiger partial charge in [0.15, 0.2) is 0 Å². The van der Waals surface area contributed by atoms with Crippen molar-refractivity contribution in [2.45, 2.75) is 19.9 Å². The fourth-order valence-corrected chi connectivity index (χ4v) is 1.91. The Hall–Kier alpha value is -1.40. The van der Waals surface area contributed by atoms with Gasteiger partial charge >= 0.3 is 11.9 Å². The zero-order valence-corrected chi connectivity index (χ0v) is 9.97. The molecule has 2 N–H and O–H groups in total. The van der Waals surface area contributed by atoms with E-state index in [9.17, 15) is 9.59 Å². The molecule has 0 saturated carbocycles. The minimum atomic E-state index is -1.19. The van der Waals surface area contributed by atoms with Gasteiger partial charge in [0.1, 0.15) is 0 Å². The molecule has 0 aliphatic carbocycles. The summed E-state index contributed by atoms with van der Waals surface area (Å²) >= 11 is 0. The number of ether oxygens (including phenoxy) is 1. The molecule has 0 amide bonds. The van der Waals surface area contributed by atoms with Crippen molar-refractivity contribution < 1.29 is 24.5 Å². The molecular formula is C11H17NO5. The predicted octanol–water partition coefficient (Wildman–Crippen LogP) is 0.193. The van der Waals surface area contributed by atoms with Crippen molar-refractivity contribution >= 4 is 11.9 Å². The highest BCUT2D eigenvalue weighted by Crippen LogP contribution is 2.17. The van der Waals surface area contributed by atoms with Crippen LogP contribution in [-0.2, 0) is 14.3 Å². The zero-order valence-electron chi connectivity index (χ0n) is 9.97. The van der Waals surface area contributed by atoms with E-state index in [0.717, 1.165) is 0 Å². The van der Waals surface area contributed by atoms with Crippen molar-refractivity contribution in [1.82, 2.24) is 4.90 Å². The maximum absolute atomic E-state index is 11.2. The first-order valence-electron chi connectivity index (χ1n) is 5.44. The van der Waals surface area contributed by atoms with E-state index in [4.69, 9.17) is 14.9 Å². The van der Waals surface area contributed by atoms with Gasteiger partial charge in [-0.05, 0) is 13.8 Å². The zero-order chi connectivity index (χ0) is 13.0. The van der Waals surface area contributed by atoms with Gasteiger partial charge in [-0.1, -0.05) is 0 Å². The van der Waals surface area contributed by atoms with Crippen LogP contribution in [0.25, 0.3) is 0 Å². The third-order valence-electron chi connectivity index (χ3n) is 2.97. The average Bonchev–Trinajstić information content (AvgIpc) is 2.29. The topological polar surface area (TPSA) is 87.1 Å². The van der Waals surface area contributed by atoms with Crippen LogP contribution in [0, 0.1) is 0 Å². The highest BCUT2D eigenvalue weighted by Gasteiger charge is 2.27. The monoisotopic (exact) mass is 243 g/mol. The van der Waals surface area contributed by atoms with Crippen LogP contribution in [0.3, 0.4) is 0 Å². The standard InChI is InChI=1S/C11H17NO5/c1-7(10(13)14)9(11(15)16)8(2)12-3-5-17-6-4-12/h8H,3-6H2,1-2H3,(H,13,14)(H,15,16). The van der Waals surface area contributed by atoms with Crippen LogP contribution in [0.15, 0.2) is 11.1 Å². The van der Waals surface area contributed by atoms with Crippen molar-refractivity contribution in [1.29, 1.82) is 0 Å². The maximum atomic E-state index is 11.2. The molecule has 1 heterocycles. The molecule has 6 nitrogen and oxygen atoms in total. The van der Waals surface area contributed by atoms with Crippen molar-refractivity contribution in [2.75, 3.05) is 26.3 Å². The van der Waals surface area contributed by atoms with Crippen molar-refractivity contribution in [3.8, 4) is 0 Å². The molecule has 1 saturated heterocycles. The molecule has 17 heavy (non-hydrogen) atoms. The van der Waals surface area contributed by atoms with Gasteiger partial charge in [0.05, 0.1) is 18.8 Å². The highest BCUT2D eigenvalue weighted by molar-refractivity contribution is 5.99. The number of carboxylic acid groups (broad SMARTS) is 2. The van der Waals surface area contributed by atoms with E-state index in [-0.39, 0.29) is 11.1 Å². The van der Waals surface area contributed by atoms with E-state index < -0.39 is 18.0 Å². The summed E-state index contributed by atoms with van der Waals surface area (Å²) in [5, 5.41) is 18.0. The molecule has 1 atom stereocenters. The Bertz CT molecular complexity index is 344. The molecule has 1 fully saturated rings. The first-order chi connectivity index (χ1) is 7.95. The summed E-state index contributed by atoms with van der Waals surface area (Å²) in [7, 11) is 0. The molecule has 1 rings (SSSR count). The van der Waals surface area contributed by atoms with E-state index in [1.807, 2.05) is 4.90 Å². The van der Waals surface area contributed by atoms with Crippen molar-refractivity contribution in [2.24, 2.45) is 0 Å². The van der Waals surface area contributed by atoms with Gasteiger partial charge in [0.25, 0.3) is 0 Å². The van der Waals surface area contributed by atoms with Gasteiger partial charge in [-0.3, -0.25) is 4.90 Å². The number of aliphatic carboxylic acids is 2. The highest BCUT2D eigenvalue weighted by atomic mass is 16.5. The van der Waals surface area contributed by atoms with Gasteiger partial charge in [-0.2, -0.15) is 0 Å². The van der Waals surface area contributed by atoms with Crippen LogP contribution in [0.4, 0.5) is 0 Å². The summed E-state index contributed by atoms with van der Waals surface area (Å²) in [5.74, 6) is -2.37. The first kappa shape index (κ1) is 13.7. The number of hydrogen-bond acceptors (Lipinski definition) is 4. The second kappa shape index (κ2) is 5.79. The molecule has 0 aromatic heterocycles. The molecule has 1 aliphatic rings. The second-order valence-electron chi connectivity index (χ2n) is 3.97. The number of rotatable bonds is 4. The third-order valence-corrected chi connectivity index (χ3v) is 2.97. The van der Waals surface area contributed by atoms with Crippen molar-refractivity contribution in [3.63, 3.8) is 0 Å². The van der Waals surface area contributed by atoms with Crippen LogP contribution in [0.1, 0.15) is 13.8 Å².